The summed E-state index contributed by atoms with van der Waals surface area (Å²) < 4.78 is 27.2. The molecule has 2 aliphatic rings. The highest BCUT2D eigenvalue weighted by atomic mass is 32.2. The second-order valence-electron chi connectivity index (χ2n) is 6.34. The summed E-state index contributed by atoms with van der Waals surface area (Å²) in [6.45, 7) is 1.17. The number of carbonyl (C=O) groups is 2. The summed E-state index contributed by atoms with van der Waals surface area (Å²) in [5.41, 5.74) is 1.92. The van der Waals surface area contributed by atoms with Crippen molar-refractivity contribution in [1.29, 1.82) is 0 Å². The average molecular weight is 374 g/mol. The van der Waals surface area contributed by atoms with Gasteiger partial charge in [-0.2, -0.15) is 4.31 Å². The number of rotatable bonds is 3. The minimum absolute atomic E-state index is 0.106. The summed E-state index contributed by atoms with van der Waals surface area (Å²) in [6.07, 6.45) is 3.50. The number of anilines is 1. The zero-order valence-electron chi connectivity index (χ0n) is 13.9. The van der Waals surface area contributed by atoms with Crippen LogP contribution in [-0.2, 0) is 21.2 Å². The van der Waals surface area contributed by atoms with Crippen LogP contribution in [0.15, 0.2) is 41.6 Å². The number of aromatic amines is 1. The third kappa shape index (κ3) is 2.89. The minimum atomic E-state index is -3.65. The van der Waals surface area contributed by atoms with Gasteiger partial charge in [0.05, 0.1) is 16.9 Å². The van der Waals surface area contributed by atoms with Gasteiger partial charge in [-0.1, -0.05) is 0 Å². The fraction of sp³-hybridized carbons (Fsp3) is 0.294. The fourth-order valence-electron chi connectivity index (χ4n) is 3.29. The van der Waals surface area contributed by atoms with Crippen molar-refractivity contribution in [1.82, 2.24) is 14.2 Å². The van der Waals surface area contributed by atoms with Gasteiger partial charge in [-0.05, 0) is 29.8 Å². The molecular weight excluding hydrogens is 356 g/mol. The summed E-state index contributed by atoms with van der Waals surface area (Å²) in [4.78, 5) is 28.5. The maximum Gasteiger partial charge on any atom is 0.255 e. The first kappa shape index (κ1) is 16.8. The molecule has 3 heterocycles. The number of fused-ring (bicyclic) bond motifs is 1. The highest BCUT2D eigenvalue weighted by Gasteiger charge is 2.31. The van der Waals surface area contributed by atoms with E-state index in [0.29, 0.717) is 29.9 Å². The van der Waals surface area contributed by atoms with Crippen LogP contribution >= 0.6 is 0 Å². The van der Waals surface area contributed by atoms with Gasteiger partial charge < -0.3 is 15.2 Å². The van der Waals surface area contributed by atoms with Gasteiger partial charge in [0, 0.05) is 44.3 Å². The summed E-state index contributed by atoms with van der Waals surface area (Å²) >= 11 is 0. The number of H-pyrrole nitrogens is 1. The first-order chi connectivity index (χ1) is 12.4. The first-order valence-corrected chi connectivity index (χ1v) is 9.74. The number of aromatic nitrogens is 1. The molecule has 0 atom stereocenters. The monoisotopic (exact) mass is 374 g/mol. The molecule has 9 heteroatoms. The number of nitrogens with one attached hydrogen (secondary N) is 2. The van der Waals surface area contributed by atoms with E-state index in [0.717, 1.165) is 0 Å². The number of hydrogen-bond donors (Lipinski definition) is 2. The van der Waals surface area contributed by atoms with Gasteiger partial charge in [-0.15, -0.1) is 0 Å². The molecule has 2 amide bonds. The van der Waals surface area contributed by atoms with Crippen molar-refractivity contribution in [3.63, 3.8) is 0 Å². The van der Waals surface area contributed by atoms with E-state index in [1.54, 1.807) is 35.5 Å². The lowest BCUT2D eigenvalue weighted by Crippen LogP contribution is -2.50. The van der Waals surface area contributed by atoms with Crippen LogP contribution in [0.4, 0.5) is 5.69 Å². The van der Waals surface area contributed by atoms with E-state index in [2.05, 4.69) is 10.3 Å². The lowest BCUT2D eigenvalue weighted by molar-refractivity contribution is -0.115. The van der Waals surface area contributed by atoms with E-state index in [-0.39, 0.29) is 36.2 Å². The predicted octanol–water partition coefficient (Wildman–Crippen LogP) is 0.656. The molecule has 1 saturated heterocycles. The molecule has 0 unspecified atom stereocenters. The van der Waals surface area contributed by atoms with Gasteiger partial charge in [0.25, 0.3) is 5.91 Å². The molecule has 0 aliphatic carbocycles. The van der Waals surface area contributed by atoms with E-state index < -0.39 is 10.0 Å². The second kappa shape index (κ2) is 6.26. The van der Waals surface area contributed by atoms with Crippen molar-refractivity contribution in [2.45, 2.75) is 11.3 Å². The number of hydrogen-bond acceptors (Lipinski definition) is 4. The largest absolute Gasteiger partial charge is 0.367 e. The Labute approximate surface area is 150 Å². The molecule has 0 radical (unpaired) electrons. The zero-order valence-corrected chi connectivity index (χ0v) is 14.8. The molecule has 1 aromatic carbocycles. The van der Waals surface area contributed by atoms with Crippen molar-refractivity contribution in [3.8, 4) is 0 Å². The maximum atomic E-state index is 12.9. The summed E-state index contributed by atoms with van der Waals surface area (Å²) in [5.74, 6) is -0.239. The molecular formula is C17H18N4O4S. The van der Waals surface area contributed by atoms with Crippen LogP contribution < -0.4 is 5.32 Å². The Bertz CT molecular complexity index is 961. The minimum Gasteiger partial charge on any atom is -0.367 e. The van der Waals surface area contributed by atoms with Crippen LogP contribution in [0.5, 0.6) is 0 Å². The van der Waals surface area contributed by atoms with Crippen LogP contribution in [0.2, 0.25) is 0 Å². The second-order valence-corrected chi connectivity index (χ2v) is 8.28. The SMILES string of the molecule is O=C1Cc2cc(S(=O)(=O)N3CCN(C(=O)c4cc[nH]c4)CC3)ccc2N1. The van der Waals surface area contributed by atoms with Crippen molar-refractivity contribution in [2.24, 2.45) is 0 Å². The van der Waals surface area contributed by atoms with Gasteiger partial charge in [-0.25, -0.2) is 8.42 Å². The van der Waals surface area contributed by atoms with Crippen LogP contribution in [0.25, 0.3) is 0 Å². The molecule has 0 bridgehead atoms. The lowest BCUT2D eigenvalue weighted by atomic mass is 10.2. The number of sulfonamides is 1. The fourth-order valence-corrected chi connectivity index (χ4v) is 4.76. The maximum absolute atomic E-state index is 12.9. The number of carbonyl (C=O) groups excluding carboxylic acids is 2. The normalized spacial score (nSPS) is 17.8. The molecule has 0 spiro atoms. The Morgan fingerprint density at radius 3 is 2.54 bits per heavy atom. The molecule has 2 aromatic rings. The van der Waals surface area contributed by atoms with Crippen molar-refractivity contribution < 1.29 is 18.0 Å². The van der Waals surface area contributed by atoms with E-state index in [1.807, 2.05) is 0 Å². The van der Waals surface area contributed by atoms with Crippen LogP contribution in [0.3, 0.4) is 0 Å². The third-order valence-corrected chi connectivity index (χ3v) is 6.60. The Morgan fingerprint density at radius 2 is 1.85 bits per heavy atom. The summed E-state index contributed by atoms with van der Waals surface area (Å²) in [6, 6.07) is 6.39. The van der Waals surface area contributed by atoms with Gasteiger partial charge in [0.1, 0.15) is 0 Å². The first-order valence-electron chi connectivity index (χ1n) is 8.30. The van der Waals surface area contributed by atoms with Crippen LogP contribution in [0, 0.1) is 0 Å². The van der Waals surface area contributed by atoms with Gasteiger partial charge in [0.15, 0.2) is 0 Å². The molecule has 136 valence electrons. The molecule has 4 rings (SSSR count). The average Bonchev–Trinajstić information content (AvgIpc) is 3.29. The quantitative estimate of drug-likeness (QED) is 0.824. The lowest BCUT2D eigenvalue weighted by Gasteiger charge is -2.34. The Balaban J connectivity index is 1.48. The van der Waals surface area contributed by atoms with E-state index in [4.69, 9.17) is 0 Å². The molecule has 0 saturated carbocycles. The molecule has 1 fully saturated rings. The zero-order chi connectivity index (χ0) is 18.3. The summed E-state index contributed by atoms with van der Waals surface area (Å²) in [7, 11) is -3.65. The molecule has 8 nitrogen and oxygen atoms in total. The highest BCUT2D eigenvalue weighted by Crippen LogP contribution is 2.27. The molecule has 2 aliphatic heterocycles. The highest BCUT2D eigenvalue weighted by molar-refractivity contribution is 7.89. The summed E-state index contributed by atoms with van der Waals surface area (Å²) in [5, 5.41) is 2.69. The number of piperazine rings is 1. The molecule has 2 N–H and O–H groups in total. The smallest absolute Gasteiger partial charge is 0.255 e. The Morgan fingerprint density at radius 1 is 1.08 bits per heavy atom. The van der Waals surface area contributed by atoms with Gasteiger partial charge in [-0.3, -0.25) is 9.59 Å². The van der Waals surface area contributed by atoms with E-state index in [9.17, 15) is 18.0 Å². The molecule has 1 aromatic heterocycles. The predicted molar refractivity (Wildman–Crippen MR) is 94.2 cm³/mol. The van der Waals surface area contributed by atoms with Crippen LogP contribution in [-0.4, -0.2) is 60.6 Å². The third-order valence-electron chi connectivity index (χ3n) is 4.71. The van der Waals surface area contributed by atoms with Gasteiger partial charge >= 0.3 is 0 Å². The van der Waals surface area contributed by atoms with E-state index in [1.165, 1.54) is 10.4 Å². The number of benzene rings is 1. The standard InChI is InChI=1S/C17H18N4O4S/c22-16-10-13-9-14(1-2-15(13)19-16)26(24,25)21-7-5-20(6-8-21)17(23)12-3-4-18-11-12/h1-4,9,11,18H,5-8,10H2,(H,19,22). The van der Waals surface area contributed by atoms with Gasteiger partial charge in [0.2, 0.25) is 15.9 Å². The number of nitrogens with zero attached hydrogens (tertiary/aromatic N) is 2. The Kier molecular flexibility index (Phi) is 4.04. The van der Waals surface area contributed by atoms with Crippen molar-refractivity contribution in [3.05, 3.63) is 47.8 Å². The molecule has 26 heavy (non-hydrogen) atoms. The van der Waals surface area contributed by atoms with Crippen molar-refractivity contribution >= 4 is 27.5 Å². The topological polar surface area (TPSA) is 103 Å². The van der Waals surface area contributed by atoms with Crippen LogP contribution in [0.1, 0.15) is 15.9 Å². The Hall–Kier alpha value is -2.65. The van der Waals surface area contributed by atoms with E-state index >= 15 is 0 Å². The van der Waals surface area contributed by atoms with Crippen molar-refractivity contribution in [2.75, 3.05) is 31.5 Å². The number of amides is 2.